The van der Waals surface area contributed by atoms with Crippen molar-refractivity contribution in [1.29, 1.82) is 0 Å². The Balaban J connectivity index is 0.000000110. The molecule has 138 heavy (non-hydrogen) atoms. The summed E-state index contributed by atoms with van der Waals surface area (Å²) in [4.78, 5) is 40.5. The van der Waals surface area contributed by atoms with Gasteiger partial charge in [-0.15, -0.1) is 0 Å². The first-order valence-corrected chi connectivity index (χ1v) is 46.0. The molecule has 0 saturated heterocycles. The van der Waals surface area contributed by atoms with Crippen LogP contribution in [0.15, 0.2) is 492 Å². The van der Waals surface area contributed by atoms with Gasteiger partial charge >= 0.3 is 0 Å². The lowest BCUT2D eigenvalue weighted by molar-refractivity contribution is 0.622. The smallest absolute Gasteiger partial charge is 0.235 e. The molecule has 9 heterocycles. The van der Waals surface area contributed by atoms with Crippen molar-refractivity contribution in [2.45, 2.75) is 0 Å². The van der Waals surface area contributed by atoms with Gasteiger partial charge in [0.05, 0.1) is 72.0 Å². The Morgan fingerprint density at radius 3 is 0.783 bits per heavy atom. The van der Waals surface area contributed by atoms with Crippen molar-refractivity contribution in [3.63, 3.8) is 0 Å². The van der Waals surface area contributed by atoms with E-state index in [1.54, 1.807) is 0 Å². The molecule has 14 nitrogen and oxygen atoms in total. The van der Waals surface area contributed by atoms with Crippen LogP contribution in [-0.4, -0.2) is 53.6 Å². The SMILES string of the molecule is c1ccc(-c2ccc(-c3cc(-c4ccccc4)nc(-n4c5ccccc5c5c6oc(-c7ccccc7)nc6ccc54)c3)cc2)cc1.c1ccc(-c2ccc(-c3cc(-c4ccccc4)nc(-n4c5ccccc5c5c6oc(-c7ccccc7)nc6ccc54)n3)cc2)cc1.c1ccc(-c2ccc(-c3cc(-n4c5ccccc5c5c6oc(-c7ccccc7)nc6ccc54)nc(-c4ccccc4)n3)cc2)cc1. The van der Waals surface area contributed by atoms with Crippen LogP contribution in [0, 0.1) is 0 Å². The molecule has 0 unspecified atom stereocenters. The fraction of sp³-hybridized carbons (Fsp3) is 0. The minimum absolute atomic E-state index is 0.594. The average Bonchev–Trinajstić information content (AvgIpc) is 1.57. The van der Waals surface area contributed by atoms with E-state index in [1.807, 2.05) is 170 Å². The Kier molecular flexibility index (Phi) is 20.6. The molecule has 0 N–H and O–H groups in total. The van der Waals surface area contributed by atoms with Crippen molar-refractivity contribution in [3.8, 4) is 153 Å². The Labute approximate surface area is 792 Å². The number of para-hydroxylation sites is 3. The highest BCUT2D eigenvalue weighted by Crippen LogP contribution is 2.45. The van der Waals surface area contributed by atoms with E-state index in [-0.39, 0.29) is 0 Å². The number of rotatable bonds is 15. The first kappa shape index (κ1) is 81.1. The predicted molar refractivity (Wildman–Crippen MR) is 559 cm³/mol. The molecule has 0 aliphatic heterocycles. The second-order valence-corrected chi connectivity index (χ2v) is 34.0. The summed E-state index contributed by atoms with van der Waals surface area (Å²) < 4.78 is 26.1. The molecule has 0 spiro atoms. The molecule has 0 radical (unpaired) electrons. The van der Waals surface area contributed by atoms with E-state index in [0.717, 1.165) is 200 Å². The average molecular weight is 1770 g/mol. The molecule has 0 amide bonds. The molecule has 27 aromatic rings. The highest BCUT2D eigenvalue weighted by molar-refractivity contribution is 6.22. The summed E-state index contributed by atoms with van der Waals surface area (Å²) in [6.45, 7) is 0. The summed E-state index contributed by atoms with van der Waals surface area (Å²) >= 11 is 0. The van der Waals surface area contributed by atoms with Crippen LogP contribution in [0.4, 0.5) is 0 Å². The summed E-state index contributed by atoms with van der Waals surface area (Å²) in [6, 6.07) is 164. The summed E-state index contributed by atoms with van der Waals surface area (Å²) in [5.41, 5.74) is 31.5. The van der Waals surface area contributed by atoms with E-state index in [9.17, 15) is 0 Å². The summed E-state index contributed by atoms with van der Waals surface area (Å²) in [7, 11) is 0. The monoisotopic (exact) mass is 1770 g/mol. The van der Waals surface area contributed by atoms with Crippen LogP contribution in [0.25, 0.3) is 252 Å². The van der Waals surface area contributed by atoms with Crippen molar-refractivity contribution < 1.29 is 13.3 Å². The first-order chi connectivity index (χ1) is 68.4. The minimum Gasteiger partial charge on any atom is -0.435 e. The molecule has 0 atom stereocenters. The molecule has 0 fully saturated rings. The van der Waals surface area contributed by atoms with Gasteiger partial charge < -0.3 is 13.3 Å². The van der Waals surface area contributed by atoms with Gasteiger partial charge in [0.1, 0.15) is 28.2 Å². The number of aromatic nitrogens is 11. The molecule has 18 aromatic carbocycles. The summed E-state index contributed by atoms with van der Waals surface area (Å²) in [6.07, 6.45) is 0. The number of oxazole rings is 3. The molecule has 27 rings (SSSR count). The molecule has 0 aliphatic rings. The fourth-order valence-electron chi connectivity index (χ4n) is 19.0. The fourth-order valence-corrected chi connectivity index (χ4v) is 19.0. The molecule has 0 bridgehead atoms. The normalized spacial score (nSPS) is 11.5. The van der Waals surface area contributed by atoms with E-state index < -0.39 is 0 Å². The van der Waals surface area contributed by atoms with E-state index in [0.29, 0.717) is 29.4 Å². The summed E-state index contributed by atoms with van der Waals surface area (Å²) in [5, 5.41) is 6.26. The second-order valence-electron chi connectivity index (χ2n) is 34.0. The maximum Gasteiger partial charge on any atom is 0.235 e. The van der Waals surface area contributed by atoms with Gasteiger partial charge in [0, 0.05) is 66.7 Å². The molecular formula is C124H79N11O3. The van der Waals surface area contributed by atoms with Crippen LogP contribution < -0.4 is 0 Å². The third-order valence-electron chi connectivity index (χ3n) is 25.6. The zero-order valence-electron chi connectivity index (χ0n) is 74.3. The Morgan fingerprint density at radius 1 is 0.159 bits per heavy atom. The number of benzene rings is 18. The van der Waals surface area contributed by atoms with Gasteiger partial charge in [-0.1, -0.05) is 364 Å². The van der Waals surface area contributed by atoms with Gasteiger partial charge in [-0.2, -0.15) is 0 Å². The van der Waals surface area contributed by atoms with E-state index in [4.69, 9.17) is 53.1 Å². The van der Waals surface area contributed by atoms with Crippen LogP contribution in [0.5, 0.6) is 0 Å². The largest absolute Gasteiger partial charge is 0.435 e. The van der Waals surface area contributed by atoms with Gasteiger partial charge in [-0.3, -0.25) is 13.7 Å². The van der Waals surface area contributed by atoms with Crippen LogP contribution in [-0.2, 0) is 0 Å². The lowest BCUT2D eigenvalue weighted by Gasteiger charge is -2.13. The number of hydrogen-bond donors (Lipinski definition) is 0. The zero-order chi connectivity index (χ0) is 91.4. The third kappa shape index (κ3) is 15.1. The predicted octanol–water partition coefficient (Wildman–Crippen LogP) is 31.8. The van der Waals surface area contributed by atoms with E-state index >= 15 is 0 Å². The van der Waals surface area contributed by atoms with Crippen LogP contribution in [0.1, 0.15) is 0 Å². The summed E-state index contributed by atoms with van der Waals surface area (Å²) in [5.74, 6) is 4.71. The molecule has 9 aromatic heterocycles. The maximum atomic E-state index is 6.51. The number of hydrogen-bond acceptors (Lipinski definition) is 11. The standard InChI is InChI=1S/C42H27N3O.2C41H26N4O/c1-4-12-28(13-5-1)29-20-22-30(23-21-29)33-26-36(31-14-6-2-7-15-31)43-39(27-33)45-37-19-11-10-18-34(37)40-38(45)25-24-35-41(40)46-42(44-35)32-16-8-3-9-17-32;1-4-12-27(13-5-1)28-20-22-29(23-21-28)34-26-37(44-40(42-34)30-14-6-2-7-15-30)45-35-19-11-10-18-32(35)38-36(45)25-24-33-39(38)46-41(43-33)31-16-8-3-9-17-31;1-4-12-27(13-5-1)28-20-22-30(23-21-28)35-26-34(29-14-6-2-7-15-29)43-41(44-35)45-36-19-11-10-18-32(36)38-37(45)25-24-33-39(38)46-40(42-33)31-16-8-3-9-17-31/h1-27H;2*1-26H. The van der Waals surface area contributed by atoms with Gasteiger partial charge in [0.15, 0.2) is 22.6 Å². The number of pyridine rings is 1. The van der Waals surface area contributed by atoms with Gasteiger partial charge in [-0.25, -0.2) is 39.9 Å². The molecule has 648 valence electrons. The number of nitrogens with zero attached hydrogens (tertiary/aromatic N) is 11. The van der Waals surface area contributed by atoms with Gasteiger partial charge in [0.25, 0.3) is 0 Å². The topological polar surface area (TPSA) is 157 Å². The zero-order valence-corrected chi connectivity index (χ0v) is 74.3. The second kappa shape index (κ2) is 35.0. The minimum atomic E-state index is 0.594. The quantitative estimate of drug-likeness (QED) is 0.0962. The Bertz CT molecular complexity index is 8340. The molecule has 0 aliphatic carbocycles. The lowest BCUT2D eigenvalue weighted by Crippen LogP contribution is -2.04. The highest BCUT2D eigenvalue weighted by Gasteiger charge is 2.27. The van der Waals surface area contributed by atoms with Gasteiger partial charge in [-0.05, 0) is 154 Å². The van der Waals surface area contributed by atoms with Crippen molar-refractivity contribution in [3.05, 3.63) is 479 Å². The maximum absolute atomic E-state index is 6.51. The molecule has 14 heteroatoms. The van der Waals surface area contributed by atoms with E-state index in [1.165, 1.54) is 22.3 Å². The van der Waals surface area contributed by atoms with Crippen molar-refractivity contribution in [1.82, 2.24) is 53.6 Å². The van der Waals surface area contributed by atoms with E-state index in [2.05, 4.69) is 323 Å². The van der Waals surface area contributed by atoms with Crippen molar-refractivity contribution in [2.24, 2.45) is 0 Å². The first-order valence-electron chi connectivity index (χ1n) is 46.0. The Morgan fingerprint density at radius 2 is 0.420 bits per heavy atom. The lowest BCUT2D eigenvalue weighted by atomic mass is 9.99. The third-order valence-corrected chi connectivity index (χ3v) is 25.6. The van der Waals surface area contributed by atoms with Crippen LogP contribution >= 0.6 is 0 Å². The Hall–Kier alpha value is -18.9. The van der Waals surface area contributed by atoms with Crippen LogP contribution in [0.2, 0.25) is 0 Å². The molecule has 0 saturated carbocycles. The van der Waals surface area contributed by atoms with Crippen molar-refractivity contribution >= 4 is 98.7 Å². The van der Waals surface area contributed by atoms with Crippen LogP contribution in [0.3, 0.4) is 0 Å². The number of fused-ring (bicyclic) bond motifs is 15. The molecular weight excluding hydrogens is 1690 g/mol. The van der Waals surface area contributed by atoms with Gasteiger partial charge in [0.2, 0.25) is 23.6 Å². The van der Waals surface area contributed by atoms with Crippen molar-refractivity contribution in [2.75, 3.05) is 0 Å². The highest BCUT2D eigenvalue weighted by atomic mass is 16.4.